The number of hydrogen-bond acceptors (Lipinski definition) is 2. The van der Waals surface area contributed by atoms with Gasteiger partial charge in [0.25, 0.3) is 0 Å². The maximum absolute atomic E-state index is 12.2. The van der Waals surface area contributed by atoms with E-state index >= 15 is 0 Å². The molecular weight excluding hydrogens is 212 g/mol. The van der Waals surface area contributed by atoms with Gasteiger partial charge in [0.1, 0.15) is 0 Å². The molecule has 0 spiro atoms. The number of hydrogen-bond donors (Lipinski definition) is 2. The van der Waals surface area contributed by atoms with Crippen LogP contribution in [-0.4, -0.2) is 18.0 Å². The Bertz CT molecular complexity index is 280. The lowest BCUT2D eigenvalue weighted by atomic mass is 9.83. The van der Waals surface area contributed by atoms with Crippen molar-refractivity contribution in [1.82, 2.24) is 5.32 Å². The fourth-order valence-electron chi connectivity index (χ4n) is 3.50. The van der Waals surface area contributed by atoms with E-state index in [1.807, 2.05) is 0 Å². The van der Waals surface area contributed by atoms with Crippen LogP contribution in [0.15, 0.2) is 0 Å². The molecule has 0 aromatic heterocycles. The smallest absolute Gasteiger partial charge is 0.226 e. The molecule has 98 valence electrons. The van der Waals surface area contributed by atoms with Crippen molar-refractivity contribution in [3.05, 3.63) is 0 Å². The molecule has 0 aromatic rings. The predicted molar refractivity (Wildman–Crippen MR) is 69.6 cm³/mol. The summed E-state index contributed by atoms with van der Waals surface area (Å²) in [5.41, 5.74) is 6.13. The Kier molecular flexibility index (Phi) is 3.76. The van der Waals surface area contributed by atoms with Crippen LogP contribution in [0.4, 0.5) is 0 Å². The molecule has 2 fully saturated rings. The highest BCUT2D eigenvalue weighted by Crippen LogP contribution is 2.55. The summed E-state index contributed by atoms with van der Waals surface area (Å²) in [6.07, 6.45) is 9.86. The molecule has 0 atom stereocenters. The highest BCUT2D eigenvalue weighted by molar-refractivity contribution is 5.83. The summed E-state index contributed by atoms with van der Waals surface area (Å²) in [6, 6.07) is 0. The van der Waals surface area contributed by atoms with Gasteiger partial charge in [-0.15, -0.1) is 0 Å². The highest BCUT2D eigenvalue weighted by atomic mass is 16.2. The SMILES string of the molecule is CCCCCCNC(=O)C12CCC(N)(CC1)C2. The predicted octanol–water partition coefficient (Wildman–Crippen LogP) is 2.34. The number of unbranched alkanes of at least 4 members (excludes halogenated alkanes) is 3. The molecule has 0 heterocycles. The molecule has 2 aliphatic carbocycles. The fourth-order valence-corrected chi connectivity index (χ4v) is 3.50. The monoisotopic (exact) mass is 238 g/mol. The zero-order chi connectivity index (χ0) is 12.4. The lowest BCUT2D eigenvalue weighted by Gasteiger charge is -2.25. The molecule has 1 amide bonds. The van der Waals surface area contributed by atoms with E-state index in [0.29, 0.717) is 0 Å². The molecule has 0 aliphatic heterocycles. The van der Waals surface area contributed by atoms with Crippen molar-refractivity contribution in [2.24, 2.45) is 11.1 Å². The van der Waals surface area contributed by atoms with Gasteiger partial charge in [-0.2, -0.15) is 0 Å². The first-order valence-corrected chi connectivity index (χ1v) is 7.17. The number of carbonyl (C=O) groups excluding carboxylic acids is 1. The Morgan fingerprint density at radius 1 is 1.18 bits per heavy atom. The first kappa shape index (κ1) is 12.9. The molecule has 2 aliphatic rings. The Balaban J connectivity index is 1.74. The van der Waals surface area contributed by atoms with Gasteiger partial charge in [0.05, 0.1) is 5.41 Å². The van der Waals surface area contributed by atoms with Gasteiger partial charge in [-0.25, -0.2) is 0 Å². The lowest BCUT2D eigenvalue weighted by molar-refractivity contribution is -0.130. The Hall–Kier alpha value is -0.570. The van der Waals surface area contributed by atoms with Gasteiger partial charge >= 0.3 is 0 Å². The molecule has 3 heteroatoms. The van der Waals surface area contributed by atoms with Gasteiger partial charge in [-0.05, 0) is 38.5 Å². The van der Waals surface area contributed by atoms with Gasteiger partial charge in [0.15, 0.2) is 0 Å². The van der Waals surface area contributed by atoms with E-state index in [2.05, 4.69) is 12.2 Å². The van der Waals surface area contributed by atoms with Crippen LogP contribution in [0, 0.1) is 5.41 Å². The minimum absolute atomic E-state index is 0.0143. The van der Waals surface area contributed by atoms with E-state index in [-0.39, 0.29) is 16.9 Å². The second-order valence-corrected chi connectivity index (χ2v) is 6.14. The average molecular weight is 238 g/mol. The van der Waals surface area contributed by atoms with Crippen molar-refractivity contribution in [2.75, 3.05) is 6.54 Å². The molecule has 0 aromatic carbocycles. The number of fused-ring (bicyclic) bond motifs is 2. The molecule has 0 saturated heterocycles. The first-order valence-electron chi connectivity index (χ1n) is 7.17. The van der Waals surface area contributed by atoms with Gasteiger partial charge in [-0.1, -0.05) is 26.2 Å². The van der Waals surface area contributed by atoms with Crippen LogP contribution >= 0.6 is 0 Å². The van der Waals surface area contributed by atoms with Crippen molar-refractivity contribution >= 4 is 5.91 Å². The van der Waals surface area contributed by atoms with Crippen molar-refractivity contribution < 1.29 is 4.79 Å². The third kappa shape index (κ3) is 2.65. The van der Waals surface area contributed by atoms with Crippen LogP contribution in [0.3, 0.4) is 0 Å². The molecular formula is C14H26N2O. The molecule has 0 unspecified atom stereocenters. The van der Waals surface area contributed by atoms with Crippen molar-refractivity contribution in [2.45, 2.75) is 70.3 Å². The standard InChI is InChI=1S/C14H26N2O/c1-2-3-4-5-10-16-12(17)13-6-8-14(15,11-13)9-7-13/h2-11,15H2,1H3,(H,16,17). The normalized spacial score (nSPS) is 35.2. The summed E-state index contributed by atoms with van der Waals surface area (Å²) >= 11 is 0. The van der Waals surface area contributed by atoms with Crippen LogP contribution in [0.1, 0.15) is 64.7 Å². The first-order chi connectivity index (χ1) is 8.10. The van der Waals surface area contributed by atoms with Crippen LogP contribution in [0.25, 0.3) is 0 Å². The van der Waals surface area contributed by atoms with Crippen molar-refractivity contribution in [1.29, 1.82) is 0 Å². The van der Waals surface area contributed by atoms with Crippen LogP contribution < -0.4 is 11.1 Å². The largest absolute Gasteiger partial charge is 0.356 e. The quantitative estimate of drug-likeness (QED) is 0.698. The van der Waals surface area contributed by atoms with Crippen molar-refractivity contribution in [3.63, 3.8) is 0 Å². The summed E-state index contributed by atoms with van der Waals surface area (Å²) in [6.45, 7) is 3.05. The highest BCUT2D eigenvalue weighted by Gasteiger charge is 2.56. The molecule has 0 radical (unpaired) electrons. The zero-order valence-corrected chi connectivity index (χ0v) is 11.1. The van der Waals surface area contributed by atoms with E-state index < -0.39 is 0 Å². The maximum atomic E-state index is 12.2. The number of nitrogens with two attached hydrogens (primary N) is 1. The van der Waals surface area contributed by atoms with Crippen LogP contribution in [-0.2, 0) is 4.79 Å². The van der Waals surface area contributed by atoms with E-state index in [0.717, 1.165) is 45.1 Å². The summed E-state index contributed by atoms with van der Waals surface area (Å²) in [4.78, 5) is 12.2. The minimum atomic E-state index is -0.0977. The summed E-state index contributed by atoms with van der Waals surface area (Å²) in [5, 5.41) is 3.12. The van der Waals surface area contributed by atoms with Crippen molar-refractivity contribution in [3.8, 4) is 0 Å². The topological polar surface area (TPSA) is 55.1 Å². The zero-order valence-electron chi connectivity index (χ0n) is 11.1. The van der Waals surface area contributed by atoms with Gasteiger partial charge in [0.2, 0.25) is 5.91 Å². The van der Waals surface area contributed by atoms with Crippen LogP contribution in [0.5, 0.6) is 0 Å². The summed E-state index contributed by atoms with van der Waals surface area (Å²) in [5.74, 6) is 0.277. The molecule has 2 rings (SSSR count). The minimum Gasteiger partial charge on any atom is -0.356 e. The molecule has 3 N–H and O–H groups in total. The third-order valence-electron chi connectivity index (χ3n) is 4.69. The Morgan fingerprint density at radius 2 is 1.88 bits per heavy atom. The summed E-state index contributed by atoms with van der Waals surface area (Å²) in [7, 11) is 0. The lowest BCUT2D eigenvalue weighted by Crippen LogP contribution is -2.38. The number of rotatable bonds is 6. The number of carbonyl (C=O) groups is 1. The summed E-state index contributed by atoms with van der Waals surface area (Å²) < 4.78 is 0. The second-order valence-electron chi connectivity index (χ2n) is 6.14. The molecule has 17 heavy (non-hydrogen) atoms. The average Bonchev–Trinajstić information content (AvgIpc) is 2.83. The second kappa shape index (κ2) is 4.97. The Labute approximate surface area is 105 Å². The molecule has 2 saturated carbocycles. The van der Waals surface area contributed by atoms with Gasteiger partial charge in [-0.3, -0.25) is 4.79 Å². The Morgan fingerprint density at radius 3 is 2.41 bits per heavy atom. The van der Waals surface area contributed by atoms with Gasteiger partial charge < -0.3 is 11.1 Å². The van der Waals surface area contributed by atoms with E-state index in [4.69, 9.17) is 5.73 Å². The fraction of sp³-hybridized carbons (Fsp3) is 0.929. The number of amides is 1. The maximum Gasteiger partial charge on any atom is 0.226 e. The van der Waals surface area contributed by atoms with E-state index in [9.17, 15) is 4.79 Å². The van der Waals surface area contributed by atoms with E-state index in [1.54, 1.807) is 0 Å². The molecule has 3 nitrogen and oxygen atoms in total. The number of nitrogens with one attached hydrogen (secondary N) is 1. The van der Waals surface area contributed by atoms with E-state index in [1.165, 1.54) is 19.3 Å². The molecule has 2 bridgehead atoms. The van der Waals surface area contributed by atoms with Gasteiger partial charge in [0, 0.05) is 12.1 Å². The third-order valence-corrected chi connectivity index (χ3v) is 4.69. The van der Waals surface area contributed by atoms with Crippen LogP contribution in [0.2, 0.25) is 0 Å².